The van der Waals surface area contributed by atoms with Crippen LogP contribution in [0.4, 0.5) is 0 Å². The number of hydrogen-bond donors (Lipinski definition) is 1. The van der Waals surface area contributed by atoms with Crippen LogP contribution in [0.15, 0.2) is 36.5 Å². The SMILES string of the molecule is c1cnc2ccc(CN3CCNCC3)cc2c1. The Labute approximate surface area is 101 Å². The van der Waals surface area contributed by atoms with Gasteiger partial charge in [-0.1, -0.05) is 12.1 Å². The molecule has 17 heavy (non-hydrogen) atoms. The summed E-state index contributed by atoms with van der Waals surface area (Å²) in [6.45, 7) is 5.55. The Bertz CT molecular complexity index is 504. The number of aromatic nitrogens is 1. The molecule has 1 aromatic heterocycles. The lowest BCUT2D eigenvalue weighted by atomic mass is 10.1. The molecule has 3 rings (SSSR count). The van der Waals surface area contributed by atoms with Gasteiger partial charge in [-0.2, -0.15) is 0 Å². The second kappa shape index (κ2) is 4.82. The van der Waals surface area contributed by atoms with E-state index in [-0.39, 0.29) is 0 Å². The highest BCUT2D eigenvalue weighted by Gasteiger charge is 2.09. The first kappa shape index (κ1) is 10.7. The highest BCUT2D eigenvalue weighted by Crippen LogP contribution is 2.14. The summed E-state index contributed by atoms with van der Waals surface area (Å²) in [5, 5.41) is 4.61. The van der Waals surface area contributed by atoms with Crippen LogP contribution in [0.5, 0.6) is 0 Å². The number of nitrogens with one attached hydrogen (secondary N) is 1. The predicted molar refractivity (Wildman–Crippen MR) is 69.9 cm³/mol. The molecule has 2 heterocycles. The Morgan fingerprint density at radius 1 is 1.18 bits per heavy atom. The lowest BCUT2D eigenvalue weighted by molar-refractivity contribution is 0.233. The van der Waals surface area contributed by atoms with E-state index in [9.17, 15) is 0 Å². The van der Waals surface area contributed by atoms with Crippen molar-refractivity contribution in [2.75, 3.05) is 26.2 Å². The van der Waals surface area contributed by atoms with E-state index in [1.165, 1.54) is 10.9 Å². The number of pyridine rings is 1. The van der Waals surface area contributed by atoms with Gasteiger partial charge in [-0.05, 0) is 23.8 Å². The Morgan fingerprint density at radius 2 is 2.06 bits per heavy atom. The Kier molecular flexibility index (Phi) is 3.03. The van der Waals surface area contributed by atoms with Crippen molar-refractivity contribution >= 4 is 10.9 Å². The number of hydrogen-bond acceptors (Lipinski definition) is 3. The van der Waals surface area contributed by atoms with Crippen molar-refractivity contribution < 1.29 is 0 Å². The van der Waals surface area contributed by atoms with Gasteiger partial charge in [0.1, 0.15) is 0 Å². The summed E-state index contributed by atoms with van der Waals surface area (Å²) in [5.41, 5.74) is 2.46. The van der Waals surface area contributed by atoms with E-state index in [1.54, 1.807) is 0 Å². The summed E-state index contributed by atoms with van der Waals surface area (Å²) in [6, 6.07) is 10.7. The molecule has 0 saturated carbocycles. The van der Waals surface area contributed by atoms with Crippen molar-refractivity contribution in [2.45, 2.75) is 6.54 Å². The average Bonchev–Trinajstić information content (AvgIpc) is 2.40. The largest absolute Gasteiger partial charge is 0.314 e. The van der Waals surface area contributed by atoms with Crippen molar-refractivity contribution in [3.05, 3.63) is 42.1 Å². The summed E-state index contributed by atoms with van der Waals surface area (Å²) in [7, 11) is 0. The monoisotopic (exact) mass is 227 g/mol. The first-order valence-corrected chi connectivity index (χ1v) is 6.18. The zero-order chi connectivity index (χ0) is 11.5. The average molecular weight is 227 g/mol. The van der Waals surface area contributed by atoms with Crippen LogP contribution in [0.1, 0.15) is 5.56 Å². The van der Waals surface area contributed by atoms with Gasteiger partial charge < -0.3 is 5.32 Å². The second-order valence-corrected chi connectivity index (χ2v) is 4.56. The second-order valence-electron chi connectivity index (χ2n) is 4.56. The molecule has 1 aliphatic rings. The molecule has 0 aliphatic carbocycles. The molecule has 3 nitrogen and oxygen atoms in total. The first-order chi connectivity index (χ1) is 8.42. The molecule has 0 unspecified atom stereocenters. The molecule has 1 aromatic carbocycles. The van der Waals surface area contributed by atoms with Crippen LogP contribution < -0.4 is 5.32 Å². The molecule has 0 bridgehead atoms. The maximum Gasteiger partial charge on any atom is 0.0702 e. The minimum absolute atomic E-state index is 1.05. The van der Waals surface area contributed by atoms with Gasteiger partial charge in [0.05, 0.1) is 5.52 Å². The predicted octanol–water partition coefficient (Wildman–Crippen LogP) is 1.64. The summed E-state index contributed by atoms with van der Waals surface area (Å²) >= 11 is 0. The van der Waals surface area contributed by atoms with Crippen molar-refractivity contribution in [1.82, 2.24) is 15.2 Å². The lowest BCUT2D eigenvalue weighted by Gasteiger charge is -2.27. The number of rotatable bonds is 2. The topological polar surface area (TPSA) is 28.2 Å². The third kappa shape index (κ3) is 2.46. The van der Waals surface area contributed by atoms with E-state index in [1.807, 2.05) is 12.3 Å². The van der Waals surface area contributed by atoms with Crippen LogP contribution in [0.25, 0.3) is 10.9 Å². The lowest BCUT2D eigenvalue weighted by Crippen LogP contribution is -2.42. The Balaban J connectivity index is 1.80. The quantitative estimate of drug-likeness (QED) is 0.845. The van der Waals surface area contributed by atoms with Crippen LogP contribution in [0.3, 0.4) is 0 Å². The van der Waals surface area contributed by atoms with Crippen molar-refractivity contribution in [3.63, 3.8) is 0 Å². The van der Waals surface area contributed by atoms with Gasteiger partial charge in [-0.3, -0.25) is 9.88 Å². The van der Waals surface area contributed by atoms with Gasteiger partial charge in [0.2, 0.25) is 0 Å². The Hall–Kier alpha value is -1.45. The molecular weight excluding hydrogens is 210 g/mol. The van der Waals surface area contributed by atoms with Gasteiger partial charge in [0.15, 0.2) is 0 Å². The number of piperazine rings is 1. The van der Waals surface area contributed by atoms with E-state index in [2.05, 4.69) is 39.5 Å². The minimum Gasteiger partial charge on any atom is -0.314 e. The Morgan fingerprint density at radius 3 is 2.94 bits per heavy atom. The molecule has 0 amide bonds. The molecule has 0 radical (unpaired) electrons. The highest BCUT2D eigenvalue weighted by atomic mass is 15.2. The molecule has 1 aliphatic heterocycles. The van der Waals surface area contributed by atoms with Crippen LogP contribution in [-0.2, 0) is 6.54 Å². The fraction of sp³-hybridized carbons (Fsp3) is 0.357. The van der Waals surface area contributed by atoms with Crippen molar-refractivity contribution in [1.29, 1.82) is 0 Å². The molecule has 0 spiro atoms. The van der Waals surface area contributed by atoms with Crippen molar-refractivity contribution in [3.8, 4) is 0 Å². The third-order valence-electron chi connectivity index (χ3n) is 3.28. The van der Waals surface area contributed by atoms with E-state index in [0.29, 0.717) is 0 Å². The van der Waals surface area contributed by atoms with Crippen molar-refractivity contribution in [2.24, 2.45) is 0 Å². The molecule has 88 valence electrons. The summed E-state index contributed by atoms with van der Waals surface area (Å²) in [5.74, 6) is 0. The molecule has 1 saturated heterocycles. The minimum atomic E-state index is 1.05. The number of benzene rings is 1. The van der Waals surface area contributed by atoms with E-state index < -0.39 is 0 Å². The van der Waals surface area contributed by atoms with E-state index >= 15 is 0 Å². The standard InChI is InChI=1S/C14H17N3/c1-2-13-10-12(3-4-14(13)16-5-1)11-17-8-6-15-7-9-17/h1-5,10,15H,6-9,11H2. The summed E-state index contributed by atoms with van der Waals surface area (Å²) < 4.78 is 0. The summed E-state index contributed by atoms with van der Waals surface area (Å²) in [4.78, 5) is 6.84. The molecule has 1 N–H and O–H groups in total. The normalized spacial score (nSPS) is 17.4. The third-order valence-corrected chi connectivity index (χ3v) is 3.28. The van der Waals surface area contributed by atoms with Crippen LogP contribution >= 0.6 is 0 Å². The maximum absolute atomic E-state index is 4.35. The first-order valence-electron chi connectivity index (χ1n) is 6.18. The van der Waals surface area contributed by atoms with Gasteiger partial charge in [0, 0.05) is 44.3 Å². The molecule has 1 fully saturated rings. The van der Waals surface area contributed by atoms with Gasteiger partial charge >= 0.3 is 0 Å². The van der Waals surface area contributed by atoms with Crippen LogP contribution in [0.2, 0.25) is 0 Å². The molecule has 0 atom stereocenters. The van der Waals surface area contributed by atoms with E-state index in [0.717, 1.165) is 38.2 Å². The van der Waals surface area contributed by atoms with Gasteiger partial charge in [-0.15, -0.1) is 0 Å². The zero-order valence-corrected chi connectivity index (χ0v) is 9.89. The fourth-order valence-corrected chi connectivity index (χ4v) is 2.35. The molecule has 2 aromatic rings. The number of fused-ring (bicyclic) bond motifs is 1. The molecule has 3 heteroatoms. The zero-order valence-electron chi connectivity index (χ0n) is 9.89. The smallest absolute Gasteiger partial charge is 0.0702 e. The fourth-order valence-electron chi connectivity index (χ4n) is 2.35. The van der Waals surface area contributed by atoms with Gasteiger partial charge in [0.25, 0.3) is 0 Å². The summed E-state index contributed by atoms with van der Waals surface area (Å²) in [6.07, 6.45) is 1.85. The maximum atomic E-state index is 4.35. The number of nitrogens with zero attached hydrogens (tertiary/aromatic N) is 2. The highest BCUT2D eigenvalue weighted by molar-refractivity contribution is 5.78. The molecular formula is C14H17N3. The van der Waals surface area contributed by atoms with Crippen LogP contribution in [0, 0.1) is 0 Å². The van der Waals surface area contributed by atoms with E-state index in [4.69, 9.17) is 0 Å². The van der Waals surface area contributed by atoms with Crippen LogP contribution in [-0.4, -0.2) is 36.1 Å². The van der Waals surface area contributed by atoms with Gasteiger partial charge in [-0.25, -0.2) is 0 Å².